The Morgan fingerprint density at radius 2 is 1.94 bits per heavy atom. The molecule has 1 N–H and O–H groups in total. The van der Waals surface area contributed by atoms with Crippen molar-refractivity contribution >= 4 is 5.91 Å². The van der Waals surface area contributed by atoms with Crippen LogP contribution in [0.15, 0.2) is 30.3 Å². The van der Waals surface area contributed by atoms with E-state index in [-0.39, 0.29) is 5.91 Å². The molecule has 2 nitrogen and oxygen atoms in total. The van der Waals surface area contributed by atoms with Gasteiger partial charge in [0.1, 0.15) is 0 Å². The van der Waals surface area contributed by atoms with E-state index in [1.807, 2.05) is 30.3 Å². The van der Waals surface area contributed by atoms with Crippen molar-refractivity contribution in [2.45, 2.75) is 45.6 Å². The fourth-order valence-corrected chi connectivity index (χ4v) is 1.79. The highest BCUT2D eigenvalue weighted by Gasteiger charge is 2.09. The fourth-order valence-electron chi connectivity index (χ4n) is 1.79. The summed E-state index contributed by atoms with van der Waals surface area (Å²) in [6.45, 7) is 4.26. The number of carbonyl (C=O) groups excluding carboxylic acids is 1. The van der Waals surface area contributed by atoms with Gasteiger partial charge in [0.15, 0.2) is 0 Å². The maximum atomic E-state index is 11.7. The van der Waals surface area contributed by atoms with Crippen LogP contribution in [0.4, 0.5) is 0 Å². The second-order valence-corrected chi connectivity index (χ2v) is 4.12. The van der Waals surface area contributed by atoms with E-state index < -0.39 is 0 Å². The van der Waals surface area contributed by atoms with Crippen LogP contribution in [0.2, 0.25) is 0 Å². The third kappa shape index (κ3) is 4.47. The van der Waals surface area contributed by atoms with E-state index in [4.69, 9.17) is 0 Å². The lowest BCUT2D eigenvalue weighted by atomic mass is 10.1. The normalized spacial score (nSPS) is 12.1. The SMILES string of the molecule is CCCC(CC)NC(=O)Cc1ccccc1. The van der Waals surface area contributed by atoms with Crippen molar-refractivity contribution in [2.24, 2.45) is 0 Å². The van der Waals surface area contributed by atoms with Gasteiger partial charge in [-0.2, -0.15) is 0 Å². The van der Waals surface area contributed by atoms with Crippen molar-refractivity contribution in [1.29, 1.82) is 0 Å². The molecular formula is C14H21NO. The number of rotatable bonds is 6. The maximum absolute atomic E-state index is 11.7. The number of hydrogen-bond acceptors (Lipinski definition) is 1. The Morgan fingerprint density at radius 3 is 2.50 bits per heavy atom. The number of benzene rings is 1. The van der Waals surface area contributed by atoms with Crippen molar-refractivity contribution in [3.05, 3.63) is 35.9 Å². The van der Waals surface area contributed by atoms with Crippen LogP contribution in [0.25, 0.3) is 0 Å². The summed E-state index contributed by atoms with van der Waals surface area (Å²) in [6, 6.07) is 10.2. The molecule has 0 bridgehead atoms. The van der Waals surface area contributed by atoms with Crippen LogP contribution in [-0.4, -0.2) is 11.9 Å². The molecule has 1 aromatic carbocycles. The lowest BCUT2D eigenvalue weighted by molar-refractivity contribution is -0.121. The topological polar surface area (TPSA) is 29.1 Å². The molecule has 0 spiro atoms. The standard InChI is InChI=1S/C14H21NO/c1-3-8-13(4-2)15-14(16)11-12-9-6-5-7-10-12/h5-7,9-10,13H,3-4,8,11H2,1-2H3,(H,15,16). The zero-order chi connectivity index (χ0) is 11.8. The summed E-state index contributed by atoms with van der Waals surface area (Å²) in [5.41, 5.74) is 1.08. The van der Waals surface area contributed by atoms with E-state index in [1.54, 1.807) is 0 Å². The van der Waals surface area contributed by atoms with Crippen LogP contribution in [0.5, 0.6) is 0 Å². The van der Waals surface area contributed by atoms with Crippen molar-refractivity contribution in [2.75, 3.05) is 0 Å². The highest BCUT2D eigenvalue weighted by atomic mass is 16.1. The number of hydrogen-bond donors (Lipinski definition) is 1. The minimum atomic E-state index is 0.131. The Morgan fingerprint density at radius 1 is 1.25 bits per heavy atom. The summed E-state index contributed by atoms with van der Waals surface area (Å²) < 4.78 is 0. The van der Waals surface area contributed by atoms with Gasteiger partial charge < -0.3 is 5.32 Å². The summed E-state index contributed by atoms with van der Waals surface area (Å²) >= 11 is 0. The Hall–Kier alpha value is -1.31. The van der Waals surface area contributed by atoms with E-state index in [0.29, 0.717) is 12.5 Å². The zero-order valence-electron chi connectivity index (χ0n) is 10.2. The quantitative estimate of drug-likeness (QED) is 0.783. The van der Waals surface area contributed by atoms with Crippen LogP contribution in [-0.2, 0) is 11.2 Å². The first-order chi connectivity index (χ1) is 7.76. The lowest BCUT2D eigenvalue weighted by Crippen LogP contribution is -2.35. The summed E-state index contributed by atoms with van der Waals surface area (Å²) in [5, 5.41) is 3.08. The molecule has 0 heterocycles. The highest BCUT2D eigenvalue weighted by Crippen LogP contribution is 2.03. The van der Waals surface area contributed by atoms with Crippen LogP contribution in [0, 0.1) is 0 Å². The molecular weight excluding hydrogens is 198 g/mol. The smallest absolute Gasteiger partial charge is 0.224 e. The van der Waals surface area contributed by atoms with Gasteiger partial charge in [-0.25, -0.2) is 0 Å². The van der Waals surface area contributed by atoms with Gasteiger partial charge in [0, 0.05) is 6.04 Å². The van der Waals surface area contributed by atoms with E-state index in [2.05, 4.69) is 19.2 Å². The van der Waals surface area contributed by atoms with E-state index in [1.165, 1.54) is 0 Å². The third-order valence-corrected chi connectivity index (χ3v) is 2.70. The molecule has 0 fully saturated rings. The fraction of sp³-hybridized carbons (Fsp3) is 0.500. The molecule has 0 aliphatic rings. The van der Waals surface area contributed by atoms with E-state index >= 15 is 0 Å². The summed E-state index contributed by atoms with van der Waals surface area (Å²) in [5.74, 6) is 0.131. The summed E-state index contributed by atoms with van der Waals surface area (Å²) in [4.78, 5) is 11.7. The first-order valence-corrected chi connectivity index (χ1v) is 6.09. The maximum Gasteiger partial charge on any atom is 0.224 e. The van der Waals surface area contributed by atoms with E-state index in [0.717, 1.165) is 24.8 Å². The summed E-state index contributed by atoms with van der Waals surface area (Å²) in [7, 11) is 0. The molecule has 0 aliphatic carbocycles. The monoisotopic (exact) mass is 219 g/mol. The van der Waals surface area contributed by atoms with Crippen LogP contribution in [0.3, 0.4) is 0 Å². The summed E-state index contributed by atoms with van der Waals surface area (Å²) in [6.07, 6.45) is 3.68. The van der Waals surface area contributed by atoms with Crippen molar-refractivity contribution in [3.63, 3.8) is 0 Å². The molecule has 0 radical (unpaired) electrons. The van der Waals surface area contributed by atoms with Crippen LogP contribution >= 0.6 is 0 Å². The number of amides is 1. The minimum Gasteiger partial charge on any atom is -0.353 e. The first-order valence-electron chi connectivity index (χ1n) is 6.09. The predicted octanol–water partition coefficient (Wildman–Crippen LogP) is 2.92. The molecule has 16 heavy (non-hydrogen) atoms. The van der Waals surface area contributed by atoms with Crippen molar-refractivity contribution in [3.8, 4) is 0 Å². The second-order valence-electron chi connectivity index (χ2n) is 4.12. The molecule has 0 saturated heterocycles. The Bertz CT molecular complexity index is 308. The lowest BCUT2D eigenvalue weighted by Gasteiger charge is -2.15. The molecule has 0 saturated carbocycles. The third-order valence-electron chi connectivity index (χ3n) is 2.70. The highest BCUT2D eigenvalue weighted by molar-refractivity contribution is 5.78. The van der Waals surface area contributed by atoms with Gasteiger partial charge in [-0.1, -0.05) is 50.6 Å². The van der Waals surface area contributed by atoms with Gasteiger partial charge in [0.05, 0.1) is 6.42 Å². The average Bonchev–Trinajstić information content (AvgIpc) is 2.29. The molecule has 88 valence electrons. The van der Waals surface area contributed by atoms with Crippen LogP contribution < -0.4 is 5.32 Å². The molecule has 1 amide bonds. The van der Waals surface area contributed by atoms with Gasteiger partial charge >= 0.3 is 0 Å². The molecule has 1 aromatic rings. The number of nitrogens with one attached hydrogen (secondary N) is 1. The Labute approximate surface area is 98.1 Å². The minimum absolute atomic E-state index is 0.131. The largest absolute Gasteiger partial charge is 0.353 e. The average molecular weight is 219 g/mol. The number of carbonyl (C=O) groups is 1. The Balaban J connectivity index is 2.41. The van der Waals surface area contributed by atoms with Crippen LogP contribution in [0.1, 0.15) is 38.7 Å². The van der Waals surface area contributed by atoms with Gasteiger partial charge in [0.2, 0.25) is 5.91 Å². The van der Waals surface area contributed by atoms with Gasteiger partial charge in [-0.05, 0) is 18.4 Å². The van der Waals surface area contributed by atoms with Gasteiger partial charge in [-0.3, -0.25) is 4.79 Å². The molecule has 1 rings (SSSR count). The van der Waals surface area contributed by atoms with Crippen molar-refractivity contribution in [1.82, 2.24) is 5.32 Å². The van der Waals surface area contributed by atoms with Crippen molar-refractivity contribution < 1.29 is 4.79 Å². The zero-order valence-corrected chi connectivity index (χ0v) is 10.2. The molecule has 1 unspecified atom stereocenters. The van der Waals surface area contributed by atoms with Gasteiger partial charge in [-0.15, -0.1) is 0 Å². The predicted molar refractivity (Wildman–Crippen MR) is 67.3 cm³/mol. The second kappa shape index (κ2) is 7.04. The first kappa shape index (κ1) is 12.8. The van der Waals surface area contributed by atoms with Gasteiger partial charge in [0.25, 0.3) is 0 Å². The Kier molecular flexibility index (Phi) is 5.62. The molecule has 0 aromatic heterocycles. The molecule has 1 atom stereocenters. The van der Waals surface area contributed by atoms with E-state index in [9.17, 15) is 4.79 Å². The molecule has 2 heteroatoms. The molecule has 0 aliphatic heterocycles.